The first-order chi connectivity index (χ1) is 21.8. The number of unbranched alkanes of at least 4 members (excludes halogenated alkanes) is 2. The largest absolute Gasteiger partial charge is 0.493 e. The van der Waals surface area contributed by atoms with Gasteiger partial charge in [-0.15, -0.1) is 0 Å². The second-order valence-electron chi connectivity index (χ2n) is 12.0. The molecule has 244 valence electrons. The summed E-state index contributed by atoms with van der Waals surface area (Å²) in [4.78, 5) is 27.0. The van der Waals surface area contributed by atoms with E-state index in [1.165, 1.54) is 11.1 Å². The van der Waals surface area contributed by atoms with E-state index < -0.39 is 0 Å². The van der Waals surface area contributed by atoms with E-state index in [2.05, 4.69) is 72.7 Å². The second-order valence-corrected chi connectivity index (χ2v) is 12.0. The number of nitrogens with one attached hydrogen (secondary N) is 2. The summed E-state index contributed by atoms with van der Waals surface area (Å²) in [7, 11) is 0. The van der Waals surface area contributed by atoms with Crippen molar-refractivity contribution in [3.05, 3.63) is 52.7 Å². The molecule has 4 rings (SSSR count). The van der Waals surface area contributed by atoms with Crippen LogP contribution >= 0.6 is 0 Å². The van der Waals surface area contributed by atoms with Crippen molar-refractivity contribution >= 4 is 11.8 Å². The van der Waals surface area contributed by atoms with Crippen LogP contribution in [0, 0.1) is 0 Å². The van der Waals surface area contributed by atoms with Crippen LogP contribution in [0.25, 0.3) is 22.5 Å². The molecule has 0 unspecified atom stereocenters. The third-order valence-corrected chi connectivity index (χ3v) is 8.12. The Kier molecular flexibility index (Phi) is 12.4. The zero-order valence-corrected chi connectivity index (χ0v) is 27.9. The monoisotopic (exact) mass is 618 g/mol. The minimum Gasteiger partial charge on any atom is -0.493 e. The lowest BCUT2D eigenvalue weighted by Gasteiger charge is -2.29. The molecule has 2 N–H and O–H groups in total. The van der Waals surface area contributed by atoms with E-state index in [0.29, 0.717) is 43.4 Å². The second kappa shape index (κ2) is 16.5. The van der Waals surface area contributed by atoms with Crippen molar-refractivity contribution in [1.29, 1.82) is 0 Å². The predicted octanol–water partition coefficient (Wildman–Crippen LogP) is 6.73. The lowest BCUT2D eigenvalue weighted by molar-refractivity contribution is -0.119. The summed E-state index contributed by atoms with van der Waals surface area (Å²) >= 11 is 0. The zero-order valence-electron chi connectivity index (χ0n) is 27.9. The lowest BCUT2D eigenvalue weighted by atomic mass is 9.91. The van der Waals surface area contributed by atoms with Crippen molar-refractivity contribution in [2.45, 2.75) is 86.1 Å². The maximum Gasteiger partial charge on any atom is 0.274 e. The molecule has 0 saturated carbocycles. The van der Waals surface area contributed by atoms with E-state index in [-0.39, 0.29) is 23.4 Å². The molecule has 1 aliphatic heterocycles. The normalized spacial score (nSPS) is 13.0. The quantitative estimate of drug-likeness (QED) is 0.171. The molecule has 1 aromatic heterocycles. The van der Waals surface area contributed by atoms with E-state index >= 15 is 0 Å². The van der Waals surface area contributed by atoms with E-state index in [1.54, 1.807) is 6.92 Å². The van der Waals surface area contributed by atoms with Crippen LogP contribution in [0.4, 0.5) is 0 Å². The number of amides is 2. The van der Waals surface area contributed by atoms with Gasteiger partial charge in [0, 0.05) is 45.7 Å². The van der Waals surface area contributed by atoms with Crippen LogP contribution in [0.15, 0.2) is 34.9 Å². The summed E-state index contributed by atoms with van der Waals surface area (Å²) < 4.78 is 18.7. The van der Waals surface area contributed by atoms with Gasteiger partial charge in [0.2, 0.25) is 5.91 Å². The van der Waals surface area contributed by atoms with Gasteiger partial charge in [0.25, 0.3) is 5.91 Å². The number of aromatic nitrogens is 1. The Morgan fingerprint density at radius 3 is 2.38 bits per heavy atom. The summed E-state index contributed by atoms with van der Waals surface area (Å²) in [6.45, 7) is 16.8. The molecule has 2 aromatic carbocycles. The molecular weight excluding hydrogens is 568 g/mol. The first kappa shape index (κ1) is 34.0. The number of hydrogen-bond donors (Lipinski definition) is 2. The highest BCUT2D eigenvalue weighted by Gasteiger charge is 2.29. The van der Waals surface area contributed by atoms with Crippen LogP contribution in [-0.4, -0.2) is 61.3 Å². The smallest absolute Gasteiger partial charge is 0.274 e. The van der Waals surface area contributed by atoms with Gasteiger partial charge in [0.1, 0.15) is 11.5 Å². The number of fused-ring (bicyclic) bond motifs is 1. The SMILES string of the molecule is CCCCOc1cc(OCCCC)c(C(C)C)cc1-c1onc(C(=O)NCC)c1-c1ccc2c(c1)CCN(CCNC(C)=O)C2. The fraction of sp³-hybridized carbons (Fsp3) is 0.528. The van der Waals surface area contributed by atoms with Gasteiger partial charge in [-0.25, -0.2) is 0 Å². The van der Waals surface area contributed by atoms with Crippen LogP contribution in [0.2, 0.25) is 0 Å². The fourth-order valence-corrected chi connectivity index (χ4v) is 5.59. The molecule has 3 aromatic rings. The maximum absolute atomic E-state index is 13.3. The third kappa shape index (κ3) is 8.66. The summed E-state index contributed by atoms with van der Waals surface area (Å²) in [5.41, 5.74) is 6.09. The average molecular weight is 619 g/mol. The Morgan fingerprint density at radius 2 is 1.71 bits per heavy atom. The van der Waals surface area contributed by atoms with Crippen LogP contribution in [0.1, 0.15) is 100 Å². The van der Waals surface area contributed by atoms with Gasteiger partial charge in [-0.3, -0.25) is 14.5 Å². The van der Waals surface area contributed by atoms with Crippen molar-refractivity contribution < 1.29 is 23.6 Å². The molecule has 2 heterocycles. The number of benzene rings is 2. The van der Waals surface area contributed by atoms with Gasteiger partial charge in [-0.1, -0.05) is 63.9 Å². The number of hydrogen-bond acceptors (Lipinski definition) is 7. The van der Waals surface area contributed by atoms with E-state index in [9.17, 15) is 9.59 Å². The molecule has 0 aliphatic carbocycles. The zero-order chi connectivity index (χ0) is 32.3. The molecule has 0 radical (unpaired) electrons. The van der Waals surface area contributed by atoms with Crippen molar-refractivity contribution in [1.82, 2.24) is 20.7 Å². The summed E-state index contributed by atoms with van der Waals surface area (Å²) in [6, 6.07) is 10.4. The first-order valence-corrected chi connectivity index (χ1v) is 16.6. The number of carbonyl (C=O) groups excluding carboxylic acids is 2. The van der Waals surface area contributed by atoms with Crippen LogP contribution in [0.5, 0.6) is 11.5 Å². The maximum atomic E-state index is 13.3. The molecule has 2 amide bonds. The Morgan fingerprint density at radius 1 is 0.978 bits per heavy atom. The minimum atomic E-state index is -0.276. The van der Waals surface area contributed by atoms with Gasteiger partial charge in [0.15, 0.2) is 11.5 Å². The highest BCUT2D eigenvalue weighted by atomic mass is 16.5. The van der Waals surface area contributed by atoms with Gasteiger partial charge in [-0.2, -0.15) is 0 Å². The summed E-state index contributed by atoms with van der Waals surface area (Å²) in [5.74, 6) is 1.89. The van der Waals surface area contributed by atoms with Crippen LogP contribution < -0.4 is 20.1 Å². The molecule has 0 spiro atoms. The third-order valence-electron chi connectivity index (χ3n) is 8.12. The molecule has 1 aliphatic rings. The number of rotatable bonds is 16. The molecular formula is C36H50N4O5. The van der Waals surface area contributed by atoms with E-state index in [0.717, 1.165) is 74.2 Å². The fourth-order valence-electron chi connectivity index (χ4n) is 5.59. The highest BCUT2D eigenvalue weighted by molar-refractivity contribution is 6.02. The molecule has 0 saturated heterocycles. The number of ether oxygens (including phenoxy) is 2. The summed E-state index contributed by atoms with van der Waals surface area (Å²) in [5, 5.41) is 10.1. The van der Waals surface area contributed by atoms with Crippen molar-refractivity contribution in [2.75, 3.05) is 39.4 Å². The Balaban J connectivity index is 1.79. The number of carbonyl (C=O) groups is 2. The first-order valence-electron chi connectivity index (χ1n) is 16.6. The molecule has 45 heavy (non-hydrogen) atoms. The van der Waals surface area contributed by atoms with Gasteiger partial charge in [0.05, 0.1) is 24.3 Å². The Hall–Kier alpha value is -3.85. The topological polar surface area (TPSA) is 106 Å². The van der Waals surface area contributed by atoms with Gasteiger partial charge in [-0.05, 0) is 60.4 Å². The molecule has 0 bridgehead atoms. The van der Waals surface area contributed by atoms with Crippen molar-refractivity contribution in [3.8, 4) is 33.9 Å². The van der Waals surface area contributed by atoms with Crippen molar-refractivity contribution in [3.63, 3.8) is 0 Å². The van der Waals surface area contributed by atoms with Gasteiger partial charge < -0.3 is 24.6 Å². The van der Waals surface area contributed by atoms with E-state index in [4.69, 9.17) is 14.0 Å². The average Bonchev–Trinajstić information content (AvgIpc) is 3.46. The lowest BCUT2D eigenvalue weighted by Crippen LogP contribution is -2.37. The predicted molar refractivity (Wildman–Crippen MR) is 178 cm³/mol. The van der Waals surface area contributed by atoms with E-state index in [1.807, 2.05) is 13.0 Å². The number of nitrogens with zero attached hydrogens (tertiary/aromatic N) is 2. The van der Waals surface area contributed by atoms with Crippen LogP contribution in [-0.2, 0) is 17.8 Å². The standard InChI is InChI=1S/C36H50N4O5/c1-7-10-18-43-31-22-32(44-19-11-8-2)30(21-29(31)24(4)5)35-33(34(39-45-35)36(42)37-9-3)27-12-13-28-23-40(16-14-26(28)20-27)17-15-38-25(6)41/h12-13,20-22,24H,7-11,14-19,23H2,1-6H3,(H,37,42)(H,38,41). The van der Waals surface area contributed by atoms with Gasteiger partial charge >= 0.3 is 0 Å². The van der Waals surface area contributed by atoms with Crippen molar-refractivity contribution in [2.24, 2.45) is 0 Å². The minimum absolute atomic E-state index is 0.0115. The molecule has 9 nitrogen and oxygen atoms in total. The van der Waals surface area contributed by atoms with Crippen LogP contribution in [0.3, 0.4) is 0 Å². The Labute approximate surface area is 268 Å². The molecule has 0 atom stereocenters. The highest BCUT2D eigenvalue weighted by Crippen LogP contribution is 2.44. The molecule has 0 fully saturated rings. The Bertz CT molecular complexity index is 1450. The molecule has 9 heteroatoms. The summed E-state index contributed by atoms with van der Waals surface area (Å²) in [6.07, 6.45) is 4.81.